The fraction of sp³-hybridized carbons (Fsp3) is 0.467. The van der Waals surface area contributed by atoms with Gasteiger partial charge >= 0.3 is 0 Å². The minimum atomic E-state index is -0.377. The van der Waals surface area contributed by atoms with Gasteiger partial charge in [0.15, 0.2) is 0 Å². The summed E-state index contributed by atoms with van der Waals surface area (Å²) < 4.78 is 10.7. The molecule has 0 aromatic heterocycles. The van der Waals surface area contributed by atoms with Crippen molar-refractivity contribution in [1.29, 1.82) is 0 Å². The molecule has 0 saturated carbocycles. The maximum absolute atomic E-state index is 9.72. The van der Waals surface area contributed by atoms with Gasteiger partial charge in [-0.25, -0.2) is 0 Å². The molecule has 0 heterocycles. The number of aliphatic hydroxyl groups is 1. The molecular weight excluding hydrogens is 228 g/mol. The number of benzene rings is 1. The molecule has 0 radical (unpaired) electrons. The van der Waals surface area contributed by atoms with Crippen LogP contribution in [0, 0.1) is 5.92 Å². The number of rotatable bonds is 8. The molecule has 3 nitrogen and oxygen atoms in total. The molecule has 1 rings (SSSR count). The Morgan fingerprint density at radius 3 is 2.56 bits per heavy atom. The van der Waals surface area contributed by atoms with E-state index in [1.54, 1.807) is 13.2 Å². The summed E-state index contributed by atoms with van der Waals surface area (Å²) >= 11 is 0. The molecule has 3 heteroatoms. The number of ether oxygens (including phenoxy) is 2. The van der Waals surface area contributed by atoms with Crippen LogP contribution >= 0.6 is 0 Å². The third kappa shape index (κ3) is 4.90. The highest BCUT2D eigenvalue weighted by Crippen LogP contribution is 2.13. The summed E-state index contributed by atoms with van der Waals surface area (Å²) in [5.74, 6) is 0.953. The van der Waals surface area contributed by atoms with Crippen molar-refractivity contribution in [3.8, 4) is 5.75 Å². The second-order valence-corrected chi connectivity index (χ2v) is 4.43. The first-order valence-electron chi connectivity index (χ1n) is 6.17. The van der Waals surface area contributed by atoms with Crippen LogP contribution in [0.15, 0.2) is 36.9 Å². The third-order valence-electron chi connectivity index (χ3n) is 2.87. The quantitative estimate of drug-likeness (QED) is 0.721. The Labute approximate surface area is 109 Å². The number of methoxy groups -OCH3 is 1. The summed E-state index contributed by atoms with van der Waals surface area (Å²) in [6.07, 6.45) is 1.95. The van der Waals surface area contributed by atoms with E-state index < -0.39 is 0 Å². The predicted molar refractivity (Wildman–Crippen MR) is 72.6 cm³/mol. The first kappa shape index (κ1) is 14.7. The fourth-order valence-electron chi connectivity index (χ4n) is 1.60. The van der Waals surface area contributed by atoms with Gasteiger partial charge in [-0.15, -0.1) is 6.58 Å². The Bertz CT molecular complexity index is 345. The molecule has 0 saturated heterocycles. The lowest BCUT2D eigenvalue weighted by Gasteiger charge is -2.17. The topological polar surface area (TPSA) is 38.7 Å². The van der Waals surface area contributed by atoms with Crippen LogP contribution in [0.3, 0.4) is 0 Å². The van der Waals surface area contributed by atoms with Crippen LogP contribution in [-0.4, -0.2) is 24.9 Å². The van der Waals surface area contributed by atoms with Crippen molar-refractivity contribution >= 4 is 0 Å². The van der Waals surface area contributed by atoms with Gasteiger partial charge in [0.2, 0.25) is 0 Å². The molecule has 1 N–H and O–H groups in total. The predicted octanol–water partition coefficient (Wildman–Crippen LogP) is 2.78. The second-order valence-electron chi connectivity index (χ2n) is 4.43. The van der Waals surface area contributed by atoms with Crippen molar-refractivity contribution in [3.63, 3.8) is 0 Å². The highest BCUT2D eigenvalue weighted by Gasteiger charge is 2.12. The average Bonchev–Trinajstić information content (AvgIpc) is 2.39. The summed E-state index contributed by atoms with van der Waals surface area (Å²) in [6.45, 7) is 6.68. The zero-order valence-electron chi connectivity index (χ0n) is 11.1. The minimum absolute atomic E-state index is 0.112. The number of aliphatic hydroxyl groups excluding tert-OH is 1. The average molecular weight is 250 g/mol. The van der Waals surface area contributed by atoms with Crippen LogP contribution in [0.5, 0.6) is 5.75 Å². The zero-order chi connectivity index (χ0) is 13.4. The highest BCUT2D eigenvalue weighted by molar-refractivity contribution is 5.26. The van der Waals surface area contributed by atoms with Crippen molar-refractivity contribution in [3.05, 3.63) is 42.5 Å². The van der Waals surface area contributed by atoms with Gasteiger partial charge in [-0.05, 0) is 24.1 Å². The van der Waals surface area contributed by atoms with Crippen LogP contribution < -0.4 is 4.74 Å². The number of hydrogen-bond acceptors (Lipinski definition) is 3. The largest absolute Gasteiger partial charge is 0.497 e. The smallest absolute Gasteiger partial charge is 0.118 e. The van der Waals surface area contributed by atoms with E-state index in [0.717, 1.165) is 11.3 Å². The molecule has 0 spiro atoms. The normalized spacial score (nSPS) is 13.9. The van der Waals surface area contributed by atoms with E-state index in [0.29, 0.717) is 19.6 Å². The van der Waals surface area contributed by atoms with Gasteiger partial charge in [-0.2, -0.15) is 0 Å². The zero-order valence-corrected chi connectivity index (χ0v) is 11.1. The number of hydrogen-bond donors (Lipinski definition) is 1. The summed E-state index contributed by atoms with van der Waals surface area (Å²) in [5, 5.41) is 9.72. The van der Waals surface area contributed by atoms with E-state index in [9.17, 15) is 5.11 Å². The highest BCUT2D eigenvalue weighted by atomic mass is 16.5. The Morgan fingerprint density at radius 2 is 2.00 bits per heavy atom. The third-order valence-corrected chi connectivity index (χ3v) is 2.87. The SMILES string of the molecule is C=CC[C@H](O)[C@H](C)COCc1ccc(OC)cc1. The molecule has 0 unspecified atom stereocenters. The van der Waals surface area contributed by atoms with Gasteiger partial charge in [0.05, 0.1) is 26.4 Å². The molecule has 1 aromatic rings. The van der Waals surface area contributed by atoms with Gasteiger partial charge in [0, 0.05) is 5.92 Å². The Hall–Kier alpha value is -1.32. The van der Waals surface area contributed by atoms with Crippen molar-refractivity contribution in [1.82, 2.24) is 0 Å². The second kappa shape index (κ2) is 7.90. The van der Waals surface area contributed by atoms with Gasteiger partial charge < -0.3 is 14.6 Å². The van der Waals surface area contributed by atoms with Gasteiger partial charge in [-0.1, -0.05) is 25.1 Å². The van der Waals surface area contributed by atoms with Gasteiger partial charge in [-0.3, -0.25) is 0 Å². The first-order chi connectivity index (χ1) is 8.67. The Kier molecular flexibility index (Phi) is 6.47. The van der Waals surface area contributed by atoms with Crippen molar-refractivity contribution in [2.24, 2.45) is 5.92 Å². The molecule has 0 aliphatic rings. The Morgan fingerprint density at radius 1 is 1.33 bits per heavy atom. The molecule has 2 atom stereocenters. The summed E-state index contributed by atoms with van der Waals surface area (Å²) in [4.78, 5) is 0. The summed E-state index contributed by atoms with van der Waals surface area (Å²) in [5.41, 5.74) is 1.10. The molecule has 0 aliphatic carbocycles. The fourth-order valence-corrected chi connectivity index (χ4v) is 1.60. The van der Waals surface area contributed by atoms with Gasteiger partial charge in [0.1, 0.15) is 5.75 Å². The van der Waals surface area contributed by atoms with Crippen LogP contribution in [-0.2, 0) is 11.3 Å². The lowest BCUT2D eigenvalue weighted by atomic mass is 10.0. The summed E-state index contributed by atoms with van der Waals surface area (Å²) in [6, 6.07) is 7.77. The van der Waals surface area contributed by atoms with Crippen LogP contribution in [0.25, 0.3) is 0 Å². The maximum Gasteiger partial charge on any atom is 0.118 e. The van der Waals surface area contributed by atoms with Crippen LogP contribution in [0.2, 0.25) is 0 Å². The van der Waals surface area contributed by atoms with E-state index in [2.05, 4.69) is 6.58 Å². The molecule has 100 valence electrons. The van der Waals surface area contributed by atoms with Crippen LogP contribution in [0.1, 0.15) is 18.9 Å². The summed E-state index contributed by atoms with van der Waals surface area (Å²) in [7, 11) is 1.65. The minimum Gasteiger partial charge on any atom is -0.497 e. The molecule has 0 aliphatic heterocycles. The van der Waals surface area contributed by atoms with Crippen LogP contribution in [0.4, 0.5) is 0 Å². The standard InChI is InChI=1S/C15H22O3/c1-4-5-15(16)12(2)10-18-11-13-6-8-14(17-3)9-7-13/h4,6-9,12,15-16H,1,5,10-11H2,2-3H3/t12-,15+/m1/s1. The van der Waals surface area contributed by atoms with E-state index >= 15 is 0 Å². The first-order valence-corrected chi connectivity index (χ1v) is 6.17. The maximum atomic E-state index is 9.72. The monoisotopic (exact) mass is 250 g/mol. The van der Waals surface area contributed by atoms with Crippen molar-refractivity contribution < 1.29 is 14.6 Å². The molecular formula is C15H22O3. The van der Waals surface area contributed by atoms with E-state index in [4.69, 9.17) is 9.47 Å². The van der Waals surface area contributed by atoms with E-state index in [1.165, 1.54) is 0 Å². The lowest BCUT2D eigenvalue weighted by Crippen LogP contribution is -2.21. The molecule has 1 aromatic carbocycles. The Balaban J connectivity index is 2.30. The molecule has 0 amide bonds. The van der Waals surface area contributed by atoms with E-state index in [1.807, 2.05) is 31.2 Å². The van der Waals surface area contributed by atoms with E-state index in [-0.39, 0.29) is 12.0 Å². The lowest BCUT2D eigenvalue weighted by molar-refractivity contribution is 0.0303. The van der Waals surface area contributed by atoms with Crippen molar-refractivity contribution in [2.75, 3.05) is 13.7 Å². The van der Waals surface area contributed by atoms with Crippen molar-refractivity contribution in [2.45, 2.75) is 26.1 Å². The van der Waals surface area contributed by atoms with Gasteiger partial charge in [0.25, 0.3) is 0 Å². The molecule has 0 bridgehead atoms. The molecule has 0 fully saturated rings. The molecule has 18 heavy (non-hydrogen) atoms.